The Balaban J connectivity index is 2.95. The fourth-order valence-corrected chi connectivity index (χ4v) is 10.3. The summed E-state index contributed by atoms with van der Waals surface area (Å²) in [6.07, 6.45) is 0.807. The molecule has 0 aliphatic carbocycles. The highest BCUT2D eigenvalue weighted by Gasteiger charge is 2.48. The number of rotatable bonds is 10. The van der Waals surface area contributed by atoms with Crippen LogP contribution >= 0.6 is 0 Å². The Kier molecular flexibility index (Phi) is 7.51. The SMILES string of the molecule is CC(C)[Si](OC[C@H](OS(C)(=O)=O)[C@@H](C)[C@H]1O[C@H]1C)(C(C)C)C(C)C. The van der Waals surface area contributed by atoms with Crippen LogP contribution in [-0.2, 0) is 23.5 Å². The Morgan fingerprint density at radius 1 is 1.00 bits per heavy atom. The molecule has 0 bridgehead atoms. The first-order valence-electron chi connectivity index (χ1n) is 9.00. The van der Waals surface area contributed by atoms with Crippen molar-refractivity contribution >= 4 is 18.4 Å². The van der Waals surface area contributed by atoms with Gasteiger partial charge in [-0.25, -0.2) is 0 Å². The molecule has 24 heavy (non-hydrogen) atoms. The average Bonchev–Trinajstić information content (AvgIpc) is 3.11. The van der Waals surface area contributed by atoms with Gasteiger partial charge in [0, 0.05) is 5.92 Å². The van der Waals surface area contributed by atoms with Crippen LogP contribution in [0.4, 0.5) is 0 Å². The van der Waals surface area contributed by atoms with E-state index in [2.05, 4.69) is 41.5 Å². The van der Waals surface area contributed by atoms with E-state index < -0.39 is 24.5 Å². The van der Waals surface area contributed by atoms with Gasteiger partial charge in [0.2, 0.25) is 0 Å². The van der Waals surface area contributed by atoms with E-state index >= 15 is 0 Å². The summed E-state index contributed by atoms with van der Waals surface area (Å²) in [4.78, 5) is 0. The number of epoxide rings is 1. The fraction of sp³-hybridized carbons (Fsp3) is 1.00. The van der Waals surface area contributed by atoms with Crippen LogP contribution < -0.4 is 0 Å². The fourth-order valence-electron chi connectivity index (χ4n) is 4.18. The van der Waals surface area contributed by atoms with Crippen molar-refractivity contribution in [1.29, 1.82) is 0 Å². The summed E-state index contributed by atoms with van der Waals surface area (Å²) in [5.74, 6) is -0.0205. The molecule has 144 valence electrons. The van der Waals surface area contributed by atoms with Crippen LogP contribution in [0.3, 0.4) is 0 Å². The minimum Gasteiger partial charge on any atom is -0.413 e. The molecule has 1 fully saturated rings. The van der Waals surface area contributed by atoms with Gasteiger partial charge in [-0.1, -0.05) is 48.5 Å². The van der Waals surface area contributed by atoms with E-state index in [1.807, 2.05) is 13.8 Å². The molecule has 1 aliphatic rings. The highest BCUT2D eigenvalue weighted by atomic mass is 32.2. The summed E-state index contributed by atoms with van der Waals surface area (Å²) in [5.41, 5.74) is 1.34. The Bertz CT molecular complexity index is 481. The van der Waals surface area contributed by atoms with E-state index in [4.69, 9.17) is 13.3 Å². The summed E-state index contributed by atoms with van der Waals surface area (Å²) in [5, 5.41) is 0. The summed E-state index contributed by atoms with van der Waals surface area (Å²) >= 11 is 0. The topological polar surface area (TPSA) is 65.1 Å². The van der Waals surface area contributed by atoms with E-state index in [0.717, 1.165) is 6.26 Å². The number of ether oxygens (including phenoxy) is 1. The van der Waals surface area contributed by atoms with E-state index in [1.165, 1.54) is 0 Å². The maximum atomic E-state index is 11.7. The van der Waals surface area contributed by atoms with Crippen molar-refractivity contribution < 1.29 is 21.8 Å². The Morgan fingerprint density at radius 3 is 1.71 bits per heavy atom. The molecule has 0 radical (unpaired) electrons. The molecule has 0 aromatic heterocycles. The van der Waals surface area contributed by atoms with Gasteiger partial charge in [0.15, 0.2) is 8.32 Å². The molecule has 7 heteroatoms. The van der Waals surface area contributed by atoms with Crippen LogP contribution in [0.25, 0.3) is 0 Å². The Morgan fingerprint density at radius 2 is 1.42 bits per heavy atom. The second kappa shape index (κ2) is 8.16. The minimum atomic E-state index is -3.54. The van der Waals surface area contributed by atoms with E-state index in [-0.39, 0.29) is 18.1 Å². The molecule has 0 aromatic rings. The molecule has 0 saturated carbocycles. The first-order chi connectivity index (χ1) is 10.8. The molecule has 0 spiro atoms. The van der Waals surface area contributed by atoms with E-state index in [0.29, 0.717) is 23.2 Å². The van der Waals surface area contributed by atoms with Gasteiger partial charge < -0.3 is 9.16 Å². The lowest BCUT2D eigenvalue weighted by atomic mass is 10.00. The van der Waals surface area contributed by atoms with Crippen LogP contribution in [0.2, 0.25) is 16.6 Å². The molecule has 1 rings (SSSR count). The second-order valence-corrected chi connectivity index (χ2v) is 15.2. The quantitative estimate of drug-likeness (QED) is 0.326. The normalized spacial score (nSPS) is 24.7. The molecule has 5 nitrogen and oxygen atoms in total. The van der Waals surface area contributed by atoms with Crippen molar-refractivity contribution in [3.05, 3.63) is 0 Å². The predicted molar refractivity (Wildman–Crippen MR) is 100 cm³/mol. The van der Waals surface area contributed by atoms with Gasteiger partial charge in [-0.05, 0) is 23.5 Å². The molecule has 0 amide bonds. The molecule has 0 N–H and O–H groups in total. The summed E-state index contributed by atoms with van der Waals surface area (Å²) in [7, 11) is -5.60. The largest absolute Gasteiger partial charge is 0.413 e. The lowest BCUT2D eigenvalue weighted by Crippen LogP contribution is -2.50. The first kappa shape index (κ1) is 22.1. The standard InChI is InChI=1S/C17H36O5SSi/c1-11(2)24(12(3)4,13(5)6)20-10-16(22-23(9,18)19)14(7)17-15(8)21-17/h11-17H,10H2,1-9H3/t14-,15+,16+,17-/m1/s1. The predicted octanol–water partition coefficient (Wildman–Crippen LogP) is 3.95. The van der Waals surface area contributed by atoms with Gasteiger partial charge in [-0.2, -0.15) is 8.42 Å². The molecule has 1 saturated heterocycles. The summed E-state index contributed by atoms with van der Waals surface area (Å²) in [6.45, 7) is 17.6. The van der Waals surface area contributed by atoms with E-state index in [9.17, 15) is 8.42 Å². The van der Waals surface area contributed by atoms with Crippen molar-refractivity contribution in [2.45, 2.75) is 90.3 Å². The van der Waals surface area contributed by atoms with Crippen LogP contribution in [0, 0.1) is 5.92 Å². The van der Waals surface area contributed by atoms with Gasteiger partial charge >= 0.3 is 0 Å². The van der Waals surface area contributed by atoms with Crippen LogP contribution in [0.1, 0.15) is 55.4 Å². The third-order valence-corrected chi connectivity index (χ3v) is 12.0. The Hall–Kier alpha value is 0.0469. The third-order valence-electron chi connectivity index (χ3n) is 5.37. The summed E-state index contributed by atoms with van der Waals surface area (Å²) < 4.78 is 40.8. The third kappa shape index (κ3) is 5.27. The van der Waals surface area contributed by atoms with Gasteiger partial charge in [0.05, 0.1) is 25.1 Å². The summed E-state index contributed by atoms with van der Waals surface area (Å²) in [6, 6.07) is 0. The maximum absolute atomic E-state index is 11.7. The smallest absolute Gasteiger partial charge is 0.264 e. The zero-order valence-corrected chi connectivity index (χ0v) is 18.5. The molecule has 4 atom stereocenters. The van der Waals surface area contributed by atoms with Gasteiger partial charge in [-0.15, -0.1) is 0 Å². The number of hydrogen-bond donors (Lipinski definition) is 0. The van der Waals surface area contributed by atoms with Crippen LogP contribution in [0.5, 0.6) is 0 Å². The molecule has 0 unspecified atom stereocenters. The van der Waals surface area contributed by atoms with E-state index in [1.54, 1.807) is 0 Å². The van der Waals surface area contributed by atoms with Gasteiger partial charge in [0.1, 0.15) is 6.10 Å². The van der Waals surface area contributed by atoms with Crippen molar-refractivity contribution in [3.63, 3.8) is 0 Å². The molecular formula is C17H36O5SSi. The lowest BCUT2D eigenvalue weighted by Gasteiger charge is -2.43. The molecule has 1 aliphatic heterocycles. The Labute approximate surface area is 149 Å². The van der Waals surface area contributed by atoms with Crippen molar-refractivity contribution in [2.24, 2.45) is 5.92 Å². The monoisotopic (exact) mass is 380 g/mol. The highest BCUT2D eigenvalue weighted by Crippen LogP contribution is 2.43. The zero-order chi connectivity index (χ0) is 18.9. The van der Waals surface area contributed by atoms with Crippen LogP contribution in [-0.4, -0.2) is 47.9 Å². The van der Waals surface area contributed by atoms with Crippen molar-refractivity contribution in [1.82, 2.24) is 0 Å². The van der Waals surface area contributed by atoms with Crippen molar-refractivity contribution in [2.75, 3.05) is 12.9 Å². The molecule has 1 heterocycles. The van der Waals surface area contributed by atoms with Gasteiger partial charge in [0.25, 0.3) is 10.1 Å². The average molecular weight is 381 g/mol. The molecule has 0 aromatic carbocycles. The minimum absolute atomic E-state index is 0.0205. The van der Waals surface area contributed by atoms with Crippen molar-refractivity contribution in [3.8, 4) is 0 Å². The zero-order valence-electron chi connectivity index (χ0n) is 16.7. The van der Waals surface area contributed by atoms with Gasteiger partial charge in [-0.3, -0.25) is 4.18 Å². The molecular weight excluding hydrogens is 344 g/mol. The first-order valence-corrected chi connectivity index (χ1v) is 13.0. The number of hydrogen-bond acceptors (Lipinski definition) is 5. The lowest BCUT2D eigenvalue weighted by molar-refractivity contribution is 0.0705. The maximum Gasteiger partial charge on any atom is 0.264 e. The van der Waals surface area contributed by atoms with Crippen LogP contribution in [0.15, 0.2) is 0 Å². The highest BCUT2D eigenvalue weighted by molar-refractivity contribution is 7.86. The second-order valence-electron chi connectivity index (χ2n) is 8.13.